The highest BCUT2D eigenvalue weighted by atomic mass is 32.2. The maximum Gasteiger partial charge on any atom is 0.277 e. The molecule has 2 aromatic carbocycles. The van der Waals surface area contributed by atoms with Gasteiger partial charge >= 0.3 is 0 Å². The predicted molar refractivity (Wildman–Crippen MR) is 128 cm³/mol. The zero-order valence-electron chi connectivity index (χ0n) is 18.8. The Morgan fingerprint density at radius 1 is 1.12 bits per heavy atom. The van der Waals surface area contributed by atoms with Crippen molar-refractivity contribution in [1.29, 1.82) is 0 Å². The van der Waals surface area contributed by atoms with Crippen LogP contribution in [-0.2, 0) is 21.2 Å². The van der Waals surface area contributed by atoms with Crippen molar-refractivity contribution in [3.05, 3.63) is 54.1 Å². The minimum atomic E-state index is -3.53. The van der Waals surface area contributed by atoms with Gasteiger partial charge in [-0.3, -0.25) is 4.79 Å². The molecule has 0 fully saturated rings. The molecule has 2 heterocycles. The molecule has 0 N–H and O–H groups in total. The van der Waals surface area contributed by atoms with Crippen LogP contribution in [0.1, 0.15) is 26.3 Å². The molecule has 1 aliphatic heterocycles. The van der Waals surface area contributed by atoms with Gasteiger partial charge in [-0.15, -0.1) is 10.2 Å². The van der Waals surface area contributed by atoms with Crippen LogP contribution in [0.2, 0.25) is 0 Å². The molecule has 8 nitrogen and oxygen atoms in total. The van der Waals surface area contributed by atoms with Gasteiger partial charge < -0.3 is 9.32 Å². The van der Waals surface area contributed by atoms with Gasteiger partial charge in [0.1, 0.15) is 0 Å². The van der Waals surface area contributed by atoms with Crippen LogP contribution in [0.3, 0.4) is 0 Å². The quantitative estimate of drug-likeness (QED) is 0.446. The second-order valence-corrected chi connectivity index (χ2v) is 10.6. The fourth-order valence-electron chi connectivity index (χ4n) is 4.01. The van der Waals surface area contributed by atoms with E-state index in [1.165, 1.54) is 33.8 Å². The zero-order chi connectivity index (χ0) is 23.6. The van der Waals surface area contributed by atoms with Gasteiger partial charge in [-0.2, -0.15) is 4.31 Å². The number of carbonyl (C=O) groups excluding carboxylic acids is 1. The van der Waals surface area contributed by atoms with Crippen molar-refractivity contribution in [2.75, 3.05) is 23.7 Å². The first-order valence-corrected chi connectivity index (χ1v) is 13.2. The topological polar surface area (TPSA) is 96.6 Å². The van der Waals surface area contributed by atoms with Crippen molar-refractivity contribution in [3.8, 4) is 11.5 Å². The Morgan fingerprint density at radius 3 is 2.52 bits per heavy atom. The van der Waals surface area contributed by atoms with Gasteiger partial charge in [0.15, 0.2) is 0 Å². The molecule has 1 atom stereocenters. The third-order valence-electron chi connectivity index (χ3n) is 5.65. The molecule has 0 bridgehead atoms. The number of fused-ring (bicyclic) bond motifs is 1. The summed E-state index contributed by atoms with van der Waals surface area (Å²) in [5.74, 6) is 0.446. The summed E-state index contributed by atoms with van der Waals surface area (Å²) in [4.78, 5) is 14.9. The maximum absolute atomic E-state index is 12.9. The molecule has 33 heavy (non-hydrogen) atoms. The first-order chi connectivity index (χ1) is 15.8. The number of nitrogens with zero attached hydrogens (tertiary/aromatic N) is 4. The van der Waals surface area contributed by atoms with Crippen LogP contribution in [0.4, 0.5) is 5.69 Å². The van der Waals surface area contributed by atoms with Gasteiger partial charge in [-0.05, 0) is 49.2 Å². The number of para-hydroxylation sites is 1. The van der Waals surface area contributed by atoms with E-state index in [9.17, 15) is 13.2 Å². The predicted octanol–water partition coefficient (Wildman–Crippen LogP) is 3.84. The molecule has 10 heteroatoms. The molecule has 174 valence electrons. The van der Waals surface area contributed by atoms with Crippen LogP contribution < -0.4 is 4.90 Å². The summed E-state index contributed by atoms with van der Waals surface area (Å²) in [6.45, 7) is 6.47. The highest BCUT2D eigenvalue weighted by Crippen LogP contribution is 2.33. The number of anilines is 1. The third-order valence-corrected chi connectivity index (χ3v) is 8.51. The van der Waals surface area contributed by atoms with Gasteiger partial charge in [0, 0.05) is 30.4 Å². The van der Waals surface area contributed by atoms with Crippen LogP contribution in [0, 0.1) is 0 Å². The van der Waals surface area contributed by atoms with Crippen molar-refractivity contribution < 1.29 is 17.6 Å². The van der Waals surface area contributed by atoms with Gasteiger partial charge in [0.2, 0.25) is 21.8 Å². The molecule has 1 aliphatic rings. The summed E-state index contributed by atoms with van der Waals surface area (Å²) in [6, 6.07) is 14.4. The van der Waals surface area contributed by atoms with Crippen molar-refractivity contribution in [2.24, 2.45) is 0 Å². The van der Waals surface area contributed by atoms with E-state index < -0.39 is 10.0 Å². The standard InChI is InChI=1S/C23H26N4O4S2/c1-4-26(5-2)33(29,30)19-12-10-17(11-13-19)22-24-25-23(31-22)32-15-21(28)27-16(3)14-18-8-6-7-9-20(18)27/h6-13,16H,4-5,14-15H2,1-3H3/t16-/m0/s1. The second kappa shape index (κ2) is 9.66. The van der Waals surface area contributed by atoms with E-state index >= 15 is 0 Å². The average molecular weight is 487 g/mol. The van der Waals surface area contributed by atoms with Crippen molar-refractivity contribution in [1.82, 2.24) is 14.5 Å². The van der Waals surface area contributed by atoms with Crippen LogP contribution in [0.25, 0.3) is 11.5 Å². The molecule has 0 saturated heterocycles. The fraction of sp³-hybridized carbons (Fsp3) is 0.348. The minimum absolute atomic E-state index is 0.0110. The second-order valence-electron chi connectivity index (χ2n) is 7.72. The highest BCUT2D eigenvalue weighted by molar-refractivity contribution is 7.99. The highest BCUT2D eigenvalue weighted by Gasteiger charge is 2.30. The number of hydrogen-bond acceptors (Lipinski definition) is 7. The van der Waals surface area contributed by atoms with E-state index in [4.69, 9.17) is 4.42 Å². The normalized spacial score (nSPS) is 15.8. The molecule has 0 radical (unpaired) electrons. The first kappa shape index (κ1) is 23.5. The summed E-state index contributed by atoms with van der Waals surface area (Å²) in [7, 11) is -3.53. The zero-order valence-corrected chi connectivity index (χ0v) is 20.4. The molecular weight excluding hydrogens is 460 g/mol. The Bertz CT molecular complexity index is 1240. The summed E-state index contributed by atoms with van der Waals surface area (Å²) >= 11 is 1.19. The Morgan fingerprint density at radius 2 is 1.82 bits per heavy atom. The monoisotopic (exact) mass is 486 g/mol. The first-order valence-electron chi connectivity index (χ1n) is 10.8. The number of aromatic nitrogens is 2. The molecule has 4 rings (SSSR count). The van der Waals surface area contributed by atoms with Gasteiger partial charge in [0.25, 0.3) is 5.22 Å². The maximum atomic E-state index is 12.9. The molecule has 0 aliphatic carbocycles. The van der Waals surface area contributed by atoms with Crippen molar-refractivity contribution in [2.45, 2.75) is 43.4 Å². The molecule has 0 saturated carbocycles. The number of benzene rings is 2. The smallest absolute Gasteiger partial charge is 0.277 e. The number of amides is 1. The number of thioether (sulfide) groups is 1. The van der Waals surface area contributed by atoms with E-state index in [1.54, 1.807) is 26.0 Å². The molecule has 1 amide bonds. The number of carbonyl (C=O) groups is 1. The van der Waals surface area contributed by atoms with Gasteiger partial charge in [-0.25, -0.2) is 8.42 Å². The summed E-state index contributed by atoms with van der Waals surface area (Å²) in [5.41, 5.74) is 2.75. The van der Waals surface area contributed by atoms with E-state index in [2.05, 4.69) is 16.3 Å². The van der Waals surface area contributed by atoms with Crippen molar-refractivity contribution in [3.63, 3.8) is 0 Å². The van der Waals surface area contributed by atoms with E-state index in [1.807, 2.05) is 30.0 Å². The Balaban J connectivity index is 1.42. The molecular formula is C23H26N4O4S2. The largest absolute Gasteiger partial charge is 0.411 e. The van der Waals surface area contributed by atoms with Crippen molar-refractivity contribution >= 4 is 33.4 Å². The Hall–Kier alpha value is -2.69. The van der Waals surface area contributed by atoms with E-state index in [0.717, 1.165) is 12.1 Å². The van der Waals surface area contributed by atoms with E-state index in [0.29, 0.717) is 23.9 Å². The Labute approximate surface area is 198 Å². The van der Waals surface area contributed by atoms with E-state index in [-0.39, 0.29) is 28.5 Å². The van der Waals surface area contributed by atoms with Crippen LogP contribution >= 0.6 is 11.8 Å². The molecule has 3 aromatic rings. The lowest BCUT2D eigenvalue weighted by atomic mass is 10.1. The van der Waals surface area contributed by atoms with Crippen LogP contribution in [0.15, 0.2) is 63.1 Å². The lowest BCUT2D eigenvalue weighted by Gasteiger charge is -2.22. The third kappa shape index (κ3) is 4.68. The summed E-state index contributed by atoms with van der Waals surface area (Å²) < 4.78 is 32.4. The summed E-state index contributed by atoms with van der Waals surface area (Å²) in [5, 5.41) is 8.37. The van der Waals surface area contributed by atoms with Gasteiger partial charge in [0.05, 0.1) is 10.6 Å². The number of hydrogen-bond donors (Lipinski definition) is 0. The number of rotatable bonds is 8. The van der Waals surface area contributed by atoms with Crippen LogP contribution in [0.5, 0.6) is 0 Å². The van der Waals surface area contributed by atoms with Gasteiger partial charge in [-0.1, -0.05) is 43.8 Å². The minimum Gasteiger partial charge on any atom is -0.411 e. The molecule has 1 aromatic heterocycles. The fourth-order valence-corrected chi connectivity index (χ4v) is 6.09. The lowest BCUT2D eigenvalue weighted by Crippen LogP contribution is -2.36. The van der Waals surface area contributed by atoms with Crippen LogP contribution in [-0.4, -0.2) is 53.7 Å². The molecule has 0 unspecified atom stereocenters. The number of sulfonamides is 1. The average Bonchev–Trinajstić information content (AvgIpc) is 3.42. The Kier molecular flexibility index (Phi) is 6.87. The summed E-state index contributed by atoms with van der Waals surface area (Å²) in [6.07, 6.45) is 0.845. The molecule has 0 spiro atoms. The SMILES string of the molecule is CCN(CC)S(=O)(=O)c1ccc(-c2nnc(SCC(=O)N3c4ccccc4C[C@@H]3C)o2)cc1. The lowest BCUT2D eigenvalue weighted by molar-refractivity contribution is -0.116.